The van der Waals surface area contributed by atoms with Crippen LogP contribution in [0.25, 0.3) is 11.0 Å². The summed E-state index contributed by atoms with van der Waals surface area (Å²) in [5, 5.41) is 14.9. The van der Waals surface area contributed by atoms with Crippen LogP contribution in [0.5, 0.6) is 0 Å². The van der Waals surface area contributed by atoms with Gasteiger partial charge in [-0.05, 0) is 70.6 Å². The van der Waals surface area contributed by atoms with E-state index >= 15 is 0 Å². The number of nitrogens with zero attached hydrogens (tertiary/aromatic N) is 10. The van der Waals surface area contributed by atoms with Crippen LogP contribution in [0.2, 0.25) is 0 Å². The lowest BCUT2D eigenvalue weighted by Gasteiger charge is -2.37. The lowest BCUT2D eigenvalue weighted by Crippen LogP contribution is -2.35. The molecule has 2 aromatic heterocycles. The van der Waals surface area contributed by atoms with Crippen LogP contribution in [0.1, 0.15) is 128 Å². The zero-order chi connectivity index (χ0) is 40.8. The molecule has 13 nitrogen and oxygen atoms in total. The molecule has 4 unspecified atom stereocenters. The van der Waals surface area contributed by atoms with Gasteiger partial charge in [0.1, 0.15) is 11.1 Å². The first-order valence-corrected chi connectivity index (χ1v) is 21.4. The predicted octanol–water partition coefficient (Wildman–Crippen LogP) is 9.10. The minimum atomic E-state index is -1.46. The van der Waals surface area contributed by atoms with Crippen molar-refractivity contribution < 1.29 is 13.8 Å². The van der Waals surface area contributed by atoms with Gasteiger partial charge in [-0.1, -0.05) is 68.2 Å². The van der Waals surface area contributed by atoms with Gasteiger partial charge in [-0.3, -0.25) is 0 Å². The van der Waals surface area contributed by atoms with Crippen molar-refractivity contribution in [3.05, 3.63) is 5.69 Å². The van der Waals surface area contributed by atoms with E-state index in [0.29, 0.717) is 71.6 Å². The van der Waals surface area contributed by atoms with Gasteiger partial charge in [0.15, 0.2) is 17.7 Å². The number of hydrogen-bond donors (Lipinski definition) is 0. The Bertz CT molecular complexity index is 1610. The van der Waals surface area contributed by atoms with Crippen molar-refractivity contribution in [2.24, 2.45) is 33.7 Å². The molecule has 2 aromatic rings. The summed E-state index contributed by atoms with van der Waals surface area (Å²) in [6.07, 6.45) is 4.32. The van der Waals surface area contributed by atoms with Crippen LogP contribution in [0.4, 0.5) is 11.8 Å². The van der Waals surface area contributed by atoms with Crippen molar-refractivity contribution in [1.82, 2.24) is 34.2 Å². The molecule has 0 bridgehead atoms. The first-order chi connectivity index (χ1) is 26.1. The average Bonchev–Trinajstić information content (AvgIpc) is 3.65. The van der Waals surface area contributed by atoms with E-state index in [0.717, 1.165) is 32.6 Å². The first kappa shape index (κ1) is 46.2. The second-order valence-corrected chi connectivity index (χ2v) is 18.1. The number of fused-ring (bicyclic) bond motifs is 1. The summed E-state index contributed by atoms with van der Waals surface area (Å²) < 4.78 is 23.9. The van der Waals surface area contributed by atoms with E-state index < -0.39 is 14.8 Å². The number of ether oxygens (including phenoxy) is 1. The van der Waals surface area contributed by atoms with Crippen LogP contribution in [0.15, 0.2) is 9.98 Å². The van der Waals surface area contributed by atoms with Gasteiger partial charge in [0.2, 0.25) is 0 Å². The highest BCUT2D eigenvalue weighted by atomic mass is 31.2. The van der Waals surface area contributed by atoms with E-state index in [2.05, 4.69) is 122 Å². The van der Waals surface area contributed by atoms with Crippen LogP contribution in [-0.4, -0.2) is 104 Å². The van der Waals surface area contributed by atoms with E-state index in [1.807, 2.05) is 17.4 Å². The van der Waals surface area contributed by atoms with Crippen molar-refractivity contribution in [3.8, 4) is 17.9 Å². The summed E-state index contributed by atoms with van der Waals surface area (Å²) in [6.45, 7) is 33.9. The monoisotopic (exact) mass is 781 g/mol. The SMILES string of the molecule is CC#Cc1nn(C2CC(OP(OCCC#N)N(C(C)C)C(C)C)C(CC)O2)c2nc(N=CN(CC(C)C)CC(C)C)nc(N=CN(CC(C)C)CC(C)C)c12. The molecule has 0 amide bonds. The van der Waals surface area contributed by atoms with E-state index in [4.69, 9.17) is 38.8 Å². The van der Waals surface area contributed by atoms with Gasteiger partial charge in [0.25, 0.3) is 14.5 Å². The van der Waals surface area contributed by atoms with E-state index in [9.17, 15) is 5.26 Å². The minimum absolute atomic E-state index is 0.181. The maximum Gasteiger partial charge on any atom is 0.259 e. The molecule has 0 aromatic carbocycles. The van der Waals surface area contributed by atoms with Crippen molar-refractivity contribution in [2.75, 3.05) is 32.8 Å². The van der Waals surface area contributed by atoms with Crippen molar-refractivity contribution in [2.45, 2.75) is 147 Å². The maximum absolute atomic E-state index is 9.24. The molecular weight excluding hydrogens is 711 g/mol. The molecule has 306 valence electrons. The molecule has 14 heteroatoms. The van der Waals surface area contributed by atoms with E-state index in [1.165, 1.54) is 0 Å². The second-order valence-electron chi connectivity index (χ2n) is 16.7. The summed E-state index contributed by atoms with van der Waals surface area (Å²) >= 11 is 0. The molecule has 55 heavy (non-hydrogen) atoms. The van der Waals surface area contributed by atoms with Crippen molar-refractivity contribution >= 4 is 44.0 Å². The third-order valence-corrected chi connectivity index (χ3v) is 10.7. The van der Waals surface area contributed by atoms with Crippen LogP contribution in [0.3, 0.4) is 0 Å². The van der Waals surface area contributed by atoms with Gasteiger partial charge >= 0.3 is 0 Å². The van der Waals surface area contributed by atoms with Gasteiger partial charge < -0.3 is 23.6 Å². The fourth-order valence-electron chi connectivity index (χ4n) is 6.78. The Labute approximate surface area is 333 Å². The Morgan fingerprint density at radius 3 is 1.95 bits per heavy atom. The quantitative estimate of drug-likeness (QED) is 0.0375. The molecule has 1 fully saturated rings. The molecule has 3 heterocycles. The Hall–Kier alpha value is -3.19. The van der Waals surface area contributed by atoms with Crippen molar-refractivity contribution in [3.63, 3.8) is 0 Å². The highest BCUT2D eigenvalue weighted by molar-refractivity contribution is 7.44. The lowest BCUT2D eigenvalue weighted by atomic mass is 10.1. The molecule has 4 atom stereocenters. The van der Waals surface area contributed by atoms with Gasteiger partial charge in [-0.15, -0.1) is 0 Å². The van der Waals surface area contributed by atoms with Crippen LogP contribution < -0.4 is 0 Å². The maximum atomic E-state index is 9.24. The molecule has 1 aliphatic rings. The highest BCUT2D eigenvalue weighted by Gasteiger charge is 2.41. The minimum Gasteiger partial charge on any atom is -0.362 e. The highest BCUT2D eigenvalue weighted by Crippen LogP contribution is 2.50. The average molecular weight is 781 g/mol. The zero-order valence-corrected chi connectivity index (χ0v) is 37.0. The Morgan fingerprint density at radius 2 is 1.45 bits per heavy atom. The molecule has 3 rings (SSSR count). The Morgan fingerprint density at radius 1 is 0.891 bits per heavy atom. The number of rotatable bonds is 22. The summed E-state index contributed by atoms with van der Waals surface area (Å²) in [7, 11) is -1.46. The predicted molar refractivity (Wildman–Crippen MR) is 226 cm³/mol. The molecule has 0 aliphatic carbocycles. The van der Waals surface area contributed by atoms with E-state index in [1.54, 1.807) is 6.92 Å². The molecule has 0 spiro atoms. The zero-order valence-electron chi connectivity index (χ0n) is 36.2. The van der Waals surface area contributed by atoms with Crippen molar-refractivity contribution in [1.29, 1.82) is 5.26 Å². The van der Waals surface area contributed by atoms with Gasteiger partial charge in [-0.2, -0.15) is 20.3 Å². The molecule has 0 saturated carbocycles. The standard InChI is InChI=1S/C41H69N10O3P/c1-15-18-34-38-39(43-26-48(22-28(3)4)23-29(5)6)45-41(44-27-49(24-30(7)8)25-31(9)10)46-40(38)50(47-34)37-21-36(35(16-2)53-37)54-55(52-20-17-19-42)51(32(11)12)33(13)14/h26-33,35-37H,16-17,20-25H2,1-14H3. The summed E-state index contributed by atoms with van der Waals surface area (Å²) in [5.74, 6) is 8.85. The largest absolute Gasteiger partial charge is 0.362 e. The molecular formula is C41H69N10O3P. The van der Waals surface area contributed by atoms with Gasteiger partial charge in [0.05, 0.1) is 44.0 Å². The third kappa shape index (κ3) is 14.1. The summed E-state index contributed by atoms with van der Waals surface area (Å²) in [5.41, 5.74) is 1.10. The smallest absolute Gasteiger partial charge is 0.259 e. The second kappa shape index (κ2) is 22.5. The normalized spacial score (nSPS) is 18.4. The van der Waals surface area contributed by atoms with Gasteiger partial charge in [-0.25, -0.2) is 19.3 Å². The number of nitriles is 1. The summed E-state index contributed by atoms with van der Waals surface area (Å²) in [6, 6.07) is 2.55. The lowest BCUT2D eigenvalue weighted by molar-refractivity contribution is -0.0216. The van der Waals surface area contributed by atoms with Crippen LogP contribution >= 0.6 is 8.53 Å². The fourth-order valence-corrected chi connectivity index (χ4v) is 8.54. The number of aromatic nitrogens is 4. The number of aliphatic imine (C=N–C) groups is 2. The Balaban J connectivity index is 2.19. The fraction of sp³-hybridized carbons (Fsp3) is 0.756. The summed E-state index contributed by atoms with van der Waals surface area (Å²) in [4.78, 5) is 24.3. The van der Waals surface area contributed by atoms with E-state index in [-0.39, 0.29) is 24.3 Å². The number of hydrogen-bond acceptors (Lipinski definition) is 10. The van der Waals surface area contributed by atoms with Crippen LogP contribution in [0, 0.1) is 46.8 Å². The van der Waals surface area contributed by atoms with Crippen LogP contribution in [-0.2, 0) is 13.8 Å². The molecule has 0 radical (unpaired) electrons. The third-order valence-electron chi connectivity index (χ3n) is 8.59. The molecule has 1 aliphatic heterocycles. The molecule has 0 N–H and O–H groups in total. The topological polar surface area (TPSA) is 130 Å². The van der Waals surface area contributed by atoms with Gasteiger partial charge in [0, 0.05) is 44.7 Å². The first-order valence-electron chi connectivity index (χ1n) is 20.3. The molecule has 1 saturated heterocycles. The Kier molecular flexibility index (Phi) is 18.9.